The van der Waals surface area contributed by atoms with Crippen LogP contribution in [0.1, 0.15) is 22.1 Å². The van der Waals surface area contributed by atoms with Crippen molar-refractivity contribution in [3.63, 3.8) is 0 Å². The van der Waals surface area contributed by atoms with Crippen LogP contribution in [-0.4, -0.2) is 37.0 Å². The molecule has 3 aromatic rings. The molecule has 2 amide bonds. The molecule has 1 unspecified atom stereocenters. The fraction of sp³-hybridized carbons (Fsp3) is 0.133. The predicted octanol–water partition coefficient (Wildman–Crippen LogP) is 1.01. The first-order chi connectivity index (χ1) is 12.1. The summed E-state index contributed by atoms with van der Waals surface area (Å²) in [5.41, 5.74) is 6.03. The van der Waals surface area contributed by atoms with Crippen molar-refractivity contribution in [2.24, 2.45) is 0 Å². The summed E-state index contributed by atoms with van der Waals surface area (Å²) in [4.78, 5) is 27.3. The number of aromatic amines is 1. The van der Waals surface area contributed by atoms with E-state index in [4.69, 9.17) is 0 Å². The standard InChI is InChI=1S/C15H14BrN7O2/c16-11-7-12(17-8-11)14(24)19-20-15(25)13(23-9-18-21-22-23)6-10-4-2-1-3-5-10/h1-5,7-9,13,17H,6H2,(H,19,24)(H,20,25). The van der Waals surface area contributed by atoms with Gasteiger partial charge in [0.05, 0.1) is 0 Å². The third-order valence-electron chi connectivity index (χ3n) is 3.45. The van der Waals surface area contributed by atoms with Crippen molar-refractivity contribution < 1.29 is 9.59 Å². The van der Waals surface area contributed by atoms with Gasteiger partial charge in [-0.15, -0.1) is 5.10 Å². The van der Waals surface area contributed by atoms with Gasteiger partial charge in [0.25, 0.3) is 11.8 Å². The van der Waals surface area contributed by atoms with Gasteiger partial charge in [-0.1, -0.05) is 30.3 Å². The predicted molar refractivity (Wildman–Crippen MR) is 91.1 cm³/mol. The number of hydrogen-bond acceptors (Lipinski definition) is 5. The number of H-pyrrole nitrogens is 1. The number of hydrazine groups is 1. The number of benzene rings is 1. The van der Waals surface area contributed by atoms with Crippen LogP contribution in [0, 0.1) is 0 Å². The Morgan fingerprint density at radius 2 is 2.04 bits per heavy atom. The van der Waals surface area contributed by atoms with Crippen molar-refractivity contribution in [2.45, 2.75) is 12.5 Å². The van der Waals surface area contributed by atoms with Crippen molar-refractivity contribution in [3.05, 3.63) is 64.7 Å². The first-order valence-electron chi connectivity index (χ1n) is 7.34. The van der Waals surface area contributed by atoms with E-state index in [0.717, 1.165) is 10.0 Å². The molecule has 2 heterocycles. The van der Waals surface area contributed by atoms with Gasteiger partial charge >= 0.3 is 0 Å². The minimum Gasteiger partial charge on any atom is -0.356 e. The highest BCUT2D eigenvalue weighted by Gasteiger charge is 2.23. The molecule has 9 nitrogen and oxygen atoms in total. The van der Waals surface area contributed by atoms with Crippen LogP contribution in [-0.2, 0) is 11.2 Å². The van der Waals surface area contributed by atoms with E-state index in [0.29, 0.717) is 12.1 Å². The van der Waals surface area contributed by atoms with Gasteiger partial charge in [0.2, 0.25) is 0 Å². The largest absolute Gasteiger partial charge is 0.356 e. The second kappa shape index (κ2) is 7.71. The number of rotatable bonds is 5. The van der Waals surface area contributed by atoms with Crippen LogP contribution < -0.4 is 10.9 Å². The number of nitrogens with zero attached hydrogens (tertiary/aromatic N) is 4. The van der Waals surface area contributed by atoms with E-state index in [1.54, 1.807) is 12.3 Å². The molecule has 0 radical (unpaired) electrons. The molecule has 128 valence electrons. The van der Waals surface area contributed by atoms with Gasteiger partial charge in [0.15, 0.2) is 0 Å². The SMILES string of the molecule is O=C(NNC(=O)C(Cc1ccccc1)n1cnnn1)c1cc(Br)c[nH]1. The second-order valence-electron chi connectivity index (χ2n) is 5.17. The number of aromatic nitrogens is 5. The Hall–Kier alpha value is -3.01. The third kappa shape index (κ3) is 4.29. The summed E-state index contributed by atoms with van der Waals surface area (Å²) in [6, 6.07) is 10.4. The van der Waals surface area contributed by atoms with Gasteiger partial charge in [-0.2, -0.15) is 0 Å². The highest BCUT2D eigenvalue weighted by molar-refractivity contribution is 9.10. The number of tetrazole rings is 1. The molecule has 0 aliphatic carbocycles. The molecule has 0 aliphatic rings. The number of amides is 2. The molecule has 25 heavy (non-hydrogen) atoms. The van der Waals surface area contributed by atoms with Crippen molar-refractivity contribution in [1.29, 1.82) is 0 Å². The van der Waals surface area contributed by atoms with Crippen LogP contribution >= 0.6 is 15.9 Å². The smallest absolute Gasteiger partial charge is 0.286 e. The van der Waals surface area contributed by atoms with Crippen LogP contribution in [0.2, 0.25) is 0 Å². The Morgan fingerprint density at radius 1 is 1.24 bits per heavy atom. The summed E-state index contributed by atoms with van der Waals surface area (Å²) in [5.74, 6) is -0.899. The molecule has 0 saturated heterocycles. The van der Waals surface area contributed by atoms with E-state index in [2.05, 4.69) is 47.3 Å². The summed E-state index contributed by atoms with van der Waals surface area (Å²) < 4.78 is 2.08. The zero-order chi connectivity index (χ0) is 17.6. The van der Waals surface area contributed by atoms with Crippen LogP contribution in [0.25, 0.3) is 0 Å². The minimum absolute atomic E-state index is 0.314. The number of hydrogen-bond donors (Lipinski definition) is 3. The summed E-state index contributed by atoms with van der Waals surface area (Å²) in [6.07, 6.45) is 3.36. The van der Waals surface area contributed by atoms with E-state index in [1.807, 2.05) is 30.3 Å². The Morgan fingerprint density at radius 3 is 2.68 bits per heavy atom. The Kier molecular flexibility index (Phi) is 5.19. The quantitative estimate of drug-likeness (QED) is 0.549. The molecule has 0 saturated carbocycles. The van der Waals surface area contributed by atoms with Gasteiger partial charge in [-0.05, 0) is 38.0 Å². The normalized spacial score (nSPS) is 11.7. The maximum atomic E-state index is 12.5. The number of nitrogens with one attached hydrogen (secondary N) is 3. The lowest BCUT2D eigenvalue weighted by Gasteiger charge is -2.16. The molecule has 0 aliphatic heterocycles. The molecule has 1 atom stereocenters. The van der Waals surface area contributed by atoms with Crippen LogP contribution in [0.15, 0.2) is 53.4 Å². The van der Waals surface area contributed by atoms with Crippen molar-refractivity contribution in [1.82, 2.24) is 36.0 Å². The van der Waals surface area contributed by atoms with Crippen LogP contribution in [0.3, 0.4) is 0 Å². The van der Waals surface area contributed by atoms with Crippen LogP contribution in [0.4, 0.5) is 0 Å². The van der Waals surface area contributed by atoms with E-state index < -0.39 is 17.9 Å². The molecule has 1 aromatic carbocycles. The lowest BCUT2D eigenvalue weighted by atomic mass is 10.1. The molecule has 10 heteroatoms. The number of halogens is 1. The zero-order valence-electron chi connectivity index (χ0n) is 12.9. The summed E-state index contributed by atoms with van der Waals surface area (Å²) in [7, 11) is 0. The highest BCUT2D eigenvalue weighted by Crippen LogP contribution is 2.13. The second-order valence-corrected chi connectivity index (χ2v) is 6.09. The van der Waals surface area contributed by atoms with Crippen molar-refractivity contribution >= 4 is 27.7 Å². The fourth-order valence-corrected chi connectivity index (χ4v) is 2.57. The molecular formula is C15H14BrN7O2. The van der Waals surface area contributed by atoms with E-state index in [1.165, 1.54) is 11.0 Å². The molecule has 0 spiro atoms. The topological polar surface area (TPSA) is 118 Å². The Labute approximate surface area is 150 Å². The van der Waals surface area contributed by atoms with E-state index in [9.17, 15) is 9.59 Å². The maximum Gasteiger partial charge on any atom is 0.286 e. The lowest BCUT2D eigenvalue weighted by Crippen LogP contribution is -2.45. The van der Waals surface area contributed by atoms with Gasteiger partial charge in [-0.25, -0.2) is 4.68 Å². The van der Waals surface area contributed by atoms with Crippen molar-refractivity contribution in [2.75, 3.05) is 0 Å². The van der Waals surface area contributed by atoms with Gasteiger partial charge in [0.1, 0.15) is 18.1 Å². The minimum atomic E-state index is -0.701. The fourth-order valence-electron chi connectivity index (χ4n) is 2.22. The molecule has 3 N–H and O–H groups in total. The lowest BCUT2D eigenvalue weighted by molar-refractivity contribution is -0.125. The number of carbonyl (C=O) groups excluding carboxylic acids is 2. The summed E-state index contributed by atoms with van der Waals surface area (Å²) >= 11 is 3.24. The number of carbonyl (C=O) groups is 2. The van der Waals surface area contributed by atoms with Gasteiger partial charge in [-0.3, -0.25) is 20.4 Å². The third-order valence-corrected chi connectivity index (χ3v) is 3.91. The zero-order valence-corrected chi connectivity index (χ0v) is 14.5. The molecular weight excluding hydrogens is 390 g/mol. The molecule has 3 rings (SSSR count). The molecule has 2 aromatic heterocycles. The average Bonchev–Trinajstić information content (AvgIpc) is 3.30. The van der Waals surface area contributed by atoms with Gasteiger partial charge in [0, 0.05) is 17.1 Å². The summed E-state index contributed by atoms with van der Waals surface area (Å²) in [5, 5.41) is 10.9. The van der Waals surface area contributed by atoms with E-state index >= 15 is 0 Å². The molecule has 0 bridgehead atoms. The first-order valence-corrected chi connectivity index (χ1v) is 8.13. The first kappa shape index (κ1) is 16.8. The monoisotopic (exact) mass is 403 g/mol. The highest BCUT2D eigenvalue weighted by atomic mass is 79.9. The van der Waals surface area contributed by atoms with E-state index in [-0.39, 0.29) is 0 Å². The Balaban J connectivity index is 1.68. The van der Waals surface area contributed by atoms with Gasteiger partial charge < -0.3 is 4.98 Å². The molecule has 0 fully saturated rings. The van der Waals surface area contributed by atoms with Crippen LogP contribution in [0.5, 0.6) is 0 Å². The Bertz CT molecular complexity index is 848. The van der Waals surface area contributed by atoms with Crippen molar-refractivity contribution in [3.8, 4) is 0 Å². The average molecular weight is 404 g/mol. The maximum absolute atomic E-state index is 12.5. The summed E-state index contributed by atoms with van der Waals surface area (Å²) in [6.45, 7) is 0.